The van der Waals surface area contributed by atoms with Crippen LogP contribution in [0.15, 0.2) is 56.9 Å². The van der Waals surface area contributed by atoms with E-state index in [2.05, 4.69) is 26.2 Å². The van der Waals surface area contributed by atoms with Crippen LogP contribution in [0.1, 0.15) is 23.7 Å². The van der Waals surface area contributed by atoms with Crippen LogP contribution < -0.4 is 15.6 Å². The van der Waals surface area contributed by atoms with E-state index in [-0.39, 0.29) is 11.3 Å². The van der Waals surface area contributed by atoms with Gasteiger partial charge in [0.15, 0.2) is 5.16 Å². The van der Waals surface area contributed by atoms with Crippen molar-refractivity contribution in [2.75, 3.05) is 12.9 Å². The zero-order valence-corrected chi connectivity index (χ0v) is 18.9. The molecule has 2 amide bonds. The minimum Gasteiger partial charge on any atom is -0.497 e. The molecule has 7 nitrogen and oxygen atoms in total. The lowest BCUT2D eigenvalue weighted by Crippen LogP contribution is -2.32. The molecule has 2 aromatic carbocycles. The highest BCUT2D eigenvalue weighted by Crippen LogP contribution is 2.21. The predicted octanol–water partition coefficient (Wildman–Crippen LogP) is 3.63. The van der Waals surface area contributed by atoms with Crippen molar-refractivity contribution < 1.29 is 14.3 Å². The fourth-order valence-corrected chi connectivity index (χ4v) is 4.00. The molecule has 3 rings (SSSR count). The number of nitrogens with one attached hydrogen (secondary N) is 1. The van der Waals surface area contributed by atoms with Crippen molar-refractivity contribution >= 4 is 50.4 Å². The minimum absolute atomic E-state index is 0.0416. The largest absolute Gasteiger partial charge is 0.497 e. The molecular formula is C21H20BrN3O4S. The van der Waals surface area contributed by atoms with Gasteiger partial charge in [-0.05, 0) is 48.9 Å². The molecule has 0 atom stereocenters. The van der Waals surface area contributed by atoms with Crippen LogP contribution in [-0.2, 0) is 11.3 Å². The number of benzene rings is 2. The molecule has 0 unspecified atom stereocenters. The highest BCUT2D eigenvalue weighted by molar-refractivity contribution is 9.10. The van der Waals surface area contributed by atoms with Gasteiger partial charge in [0, 0.05) is 16.6 Å². The maximum Gasteiger partial charge on any atom is 0.262 e. The van der Waals surface area contributed by atoms with Gasteiger partial charge in [-0.3, -0.25) is 24.3 Å². The molecule has 9 heteroatoms. The standard InChI is InChI=1S/C21H20BrN3O4S/c1-3-10-25-20(28)16-11-14(22)6-9-17(16)23-21(25)30-12-18(26)24-19(27)13-4-7-15(29-2)8-5-13/h4-9,11H,3,10,12H2,1-2H3,(H,24,26,27). The van der Waals surface area contributed by atoms with Gasteiger partial charge in [0.05, 0.1) is 23.8 Å². The Morgan fingerprint density at radius 3 is 2.60 bits per heavy atom. The van der Waals surface area contributed by atoms with E-state index in [1.807, 2.05) is 13.0 Å². The van der Waals surface area contributed by atoms with Gasteiger partial charge in [0.25, 0.3) is 11.5 Å². The first-order chi connectivity index (χ1) is 14.4. The third-order valence-electron chi connectivity index (χ3n) is 4.27. The Morgan fingerprint density at radius 1 is 1.20 bits per heavy atom. The number of carbonyl (C=O) groups is 2. The van der Waals surface area contributed by atoms with Crippen LogP contribution in [0.4, 0.5) is 0 Å². The van der Waals surface area contributed by atoms with Gasteiger partial charge < -0.3 is 4.74 Å². The second-order valence-electron chi connectivity index (χ2n) is 6.41. The van der Waals surface area contributed by atoms with Crippen LogP contribution in [0.2, 0.25) is 0 Å². The number of rotatable bonds is 7. The Balaban J connectivity index is 1.74. The van der Waals surface area contributed by atoms with Gasteiger partial charge in [0.2, 0.25) is 5.91 Å². The fraction of sp³-hybridized carbons (Fsp3) is 0.238. The van der Waals surface area contributed by atoms with E-state index >= 15 is 0 Å². The second kappa shape index (κ2) is 9.90. The summed E-state index contributed by atoms with van der Waals surface area (Å²) in [4.78, 5) is 42.0. The van der Waals surface area contributed by atoms with E-state index in [4.69, 9.17) is 4.74 Å². The molecule has 0 spiro atoms. The Morgan fingerprint density at radius 2 is 1.93 bits per heavy atom. The lowest BCUT2D eigenvalue weighted by molar-refractivity contribution is -0.117. The Labute approximate surface area is 186 Å². The van der Waals surface area contributed by atoms with Crippen molar-refractivity contribution in [1.29, 1.82) is 0 Å². The van der Waals surface area contributed by atoms with Crippen LogP contribution in [-0.4, -0.2) is 34.2 Å². The number of carbonyl (C=O) groups excluding carboxylic acids is 2. The summed E-state index contributed by atoms with van der Waals surface area (Å²) >= 11 is 4.50. The first-order valence-electron chi connectivity index (χ1n) is 9.24. The van der Waals surface area contributed by atoms with Crippen molar-refractivity contribution in [3.05, 3.63) is 62.9 Å². The molecule has 1 heterocycles. The quantitative estimate of drug-likeness (QED) is 0.402. The Bertz CT molecular complexity index is 1150. The molecule has 0 aliphatic rings. The predicted molar refractivity (Wildman–Crippen MR) is 120 cm³/mol. The van der Waals surface area contributed by atoms with E-state index in [9.17, 15) is 14.4 Å². The van der Waals surface area contributed by atoms with E-state index in [1.54, 1.807) is 41.0 Å². The lowest BCUT2D eigenvalue weighted by Gasteiger charge is -2.12. The van der Waals surface area contributed by atoms with E-state index in [0.717, 1.165) is 22.7 Å². The van der Waals surface area contributed by atoms with Crippen LogP contribution in [0, 0.1) is 0 Å². The van der Waals surface area contributed by atoms with Crippen LogP contribution in [0.3, 0.4) is 0 Å². The number of imide groups is 1. The molecule has 0 radical (unpaired) electrons. The monoisotopic (exact) mass is 489 g/mol. The zero-order valence-electron chi connectivity index (χ0n) is 16.5. The molecule has 0 aliphatic heterocycles. The molecule has 0 saturated carbocycles. The maximum atomic E-state index is 12.9. The second-order valence-corrected chi connectivity index (χ2v) is 8.27. The number of thioether (sulfide) groups is 1. The molecular weight excluding hydrogens is 470 g/mol. The summed E-state index contributed by atoms with van der Waals surface area (Å²) < 4.78 is 7.42. The van der Waals surface area contributed by atoms with Gasteiger partial charge in [-0.15, -0.1) is 0 Å². The average Bonchev–Trinajstić information content (AvgIpc) is 2.75. The minimum atomic E-state index is -0.495. The number of nitrogens with zero attached hydrogens (tertiary/aromatic N) is 2. The normalized spacial score (nSPS) is 10.8. The summed E-state index contributed by atoms with van der Waals surface area (Å²) in [5.74, 6) is -0.378. The molecule has 1 N–H and O–H groups in total. The molecule has 0 aliphatic carbocycles. The Hall–Kier alpha value is -2.65. The fourth-order valence-electron chi connectivity index (χ4n) is 2.81. The Kier molecular flexibility index (Phi) is 7.28. The highest BCUT2D eigenvalue weighted by atomic mass is 79.9. The number of hydrogen-bond donors (Lipinski definition) is 1. The molecule has 0 fully saturated rings. The SMILES string of the molecule is CCCn1c(SCC(=O)NC(=O)c2ccc(OC)cc2)nc2ccc(Br)cc2c1=O. The van der Waals surface area contributed by atoms with Gasteiger partial charge in [-0.25, -0.2) is 4.98 Å². The van der Waals surface area contributed by atoms with Crippen LogP contribution in [0.25, 0.3) is 10.9 Å². The number of methoxy groups -OCH3 is 1. The van der Waals surface area contributed by atoms with Gasteiger partial charge in [-0.2, -0.15) is 0 Å². The highest BCUT2D eigenvalue weighted by Gasteiger charge is 2.15. The number of halogens is 1. The number of aromatic nitrogens is 2. The third kappa shape index (κ3) is 5.09. The van der Waals surface area contributed by atoms with Crippen LogP contribution in [0.5, 0.6) is 5.75 Å². The summed E-state index contributed by atoms with van der Waals surface area (Å²) in [5.41, 5.74) is 0.764. The number of amides is 2. The molecule has 0 bridgehead atoms. The van der Waals surface area contributed by atoms with Crippen molar-refractivity contribution in [3.63, 3.8) is 0 Å². The third-order valence-corrected chi connectivity index (χ3v) is 5.74. The molecule has 30 heavy (non-hydrogen) atoms. The van der Waals surface area contributed by atoms with Gasteiger partial charge in [-0.1, -0.05) is 34.6 Å². The summed E-state index contributed by atoms with van der Waals surface area (Å²) in [5, 5.41) is 3.32. The molecule has 3 aromatic rings. The average molecular weight is 490 g/mol. The van der Waals surface area contributed by atoms with Crippen molar-refractivity contribution in [2.24, 2.45) is 0 Å². The topological polar surface area (TPSA) is 90.3 Å². The van der Waals surface area contributed by atoms with Gasteiger partial charge >= 0.3 is 0 Å². The lowest BCUT2D eigenvalue weighted by atomic mass is 10.2. The first kappa shape index (κ1) is 22.0. The van der Waals surface area contributed by atoms with Gasteiger partial charge in [0.1, 0.15) is 5.75 Å². The summed E-state index contributed by atoms with van der Waals surface area (Å²) in [6, 6.07) is 11.8. The van der Waals surface area contributed by atoms with Crippen molar-refractivity contribution in [3.8, 4) is 5.75 Å². The summed E-state index contributed by atoms with van der Waals surface area (Å²) in [6.45, 7) is 2.45. The molecule has 156 valence electrons. The van der Waals surface area contributed by atoms with Crippen molar-refractivity contribution in [2.45, 2.75) is 25.0 Å². The van der Waals surface area contributed by atoms with E-state index in [0.29, 0.717) is 33.9 Å². The van der Waals surface area contributed by atoms with Crippen molar-refractivity contribution in [1.82, 2.24) is 14.9 Å². The maximum absolute atomic E-state index is 12.9. The number of ether oxygens (including phenoxy) is 1. The molecule has 0 saturated heterocycles. The summed E-state index contributed by atoms with van der Waals surface area (Å²) in [7, 11) is 1.54. The molecule has 1 aromatic heterocycles. The summed E-state index contributed by atoms with van der Waals surface area (Å²) in [6.07, 6.45) is 0.747. The zero-order chi connectivity index (χ0) is 21.7. The van der Waals surface area contributed by atoms with E-state index in [1.165, 1.54) is 7.11 Å². The number of hydrogen-bond acceptors (Lipinski definition) is 6. The number of fused-ring (bicyclic) bond motifs is 1. The first-order valence-corrected chi connectivity index (χ1v) is 11.0. The smallest absolute Gasteiger partial charge is 0.262 e. The van der Waals surface area contributed by atoms with Crippen LogP contribution >= 0.6 is 27.7 Å². The van der Waals surface area contributed by atoms with E-state index < -0.39 is 11.8 Å².